The van der Waals surface area contributed by atoms with Gasteiger partial charge in [0.15, 0.2) is 0 Å². The van der Waals surface area contributed by atoms with Crippen molar-refractivity contribution >= 4 is 35.2 Å². The van der Waals surface area contributed by atoms with Crippen molar-refractivity contribution in [3.05, 3.63) is 39.9 Å². The van der Waals surface area contributed by atoms with Crippen molar-refractivity contribution in [1.29, 1.82) is 0 Å². The highest BCUT2D eigenvalue weighted by atomic mass is 35.5. The Labute approximate surface area is 153 Å². The van der Waals surface area contributed by atoms with Gasteiger partial charge >= 0.3 is 0 Å². The van der Waals surface area contributed by atoms with E-state index in [0.717, 1.165) is 29.9 Å². The molecule has 0 radical (unpaired) electrons. The molecule has 1 aromatic carbocycles. The Kier molecular flexibility index (Phi) is 4.38. The van der Waals surface area contributed by atoms with Crippen LogP contribution in [-0.2, 0) is 4.79 Å². The Morgan fingerprint density at radius 1 is 1.08 bits per heavy atom. The van der Waals surface area contributed by atoms with Crippen molar-refractivity contribution < 1.29 is 4.79 Å². The van der Waals surface area contributed by atoms with Gasteiger partial charge in [0.1, 0.15) is 0 Å². The predicted octanol–water partition coefficient (Wildman–Crippen LogP) is 5.34. The van der Waals surface area contributed by atoms with Crippen LogP contribution in [0.2, 0.25) is 10.0 Å². The van der Waals surface area contributed by atoms with E-state index in [1.165, 1.54) is 38.5 Å². The van der Waals surface area contributed by atoms with E-state index in [1.54, 1.807) is 24.3 Å². The highest BCUT2D eigenvalue weighted by Gasteiger charge is 2.50. The molecule has 0 heterocycles. The molecule has 24 heavy (non-hydrogen) atoms. The lowest BCUT2D eigenvalue weighted by atomic mass is 9.49. The second-order valence-electron chi connectivity index (χ2n) is 8.14. The number of hydrogen-bond acceptors (Lipinski definition) is 1. The van der Waals surface area contributed by atoms with Gasteiger partial charge in [-0.2, -0.15) is 0 Å². The van der Waals surface area contributed by atoms with E-state index in [1.807, 2.05) is 6.07 Å². The SMILES string of the molecule is O=C(/C=C/c1ccc(Cl)c(Cl)c1)NCC12CC3CC(CC(C3)C1)C2. The minimum atomic E-state index is -0.0168. The molecule has 4 heteroatoms. The minimum absolute atomic E-state index is 0.0168. The van der Waals surface area contributed by atoms with Crippen molar-refractivity contribution in [1.82, 2.24) is 5.32 Å². The molecule has 0 aromatic heterocycles. The number of rotatable bonds is 4. The van der Waals surface area contributed by atoms with Gasteiger partial charge in [0, 0.05) is 12.6 Å². The lowest BCUT2D eigenvalue weighted by molar-refractivity contribution is -0.118. The average molecular weight is 364 g/mol. The average Bonchev–Trinajstić information content (AvgIpc) is 2.53. The number of hydrogen-bond donors (Lipinski definition) is 1. The van der Waals surface area contributed by atoms with Crippen LogP contribution in [0.25, 0.3) is 6.08 Å². The molecule has 0 saturated heterocycles. The number of benzene rings is 1. The van der Waals surface area contributed by atoms with Gasteiger partial charge in [-0.3, -0.25) is 4.79 Å². The third kappa shape index (κ3) is 3.36. The molecule has 128 valence electrons. The van der Waals surface area contributed by atoms with E-state index in [2.05, 4.69) is 5.32 Å². The van der Waals surface area contributed by atoms with E-state index >= 15 is 0 Å². The Hall–Kier alpha value is -0.990. The molecular formula is C20H23Cl2NO. The second kappa shape index (κ2) is 6.38. The van der Waals surface area contributed by atoms with Crippen molar-refractivity contribution in [2.24, 2.45) is 23.2 Å². The van der Waals surface area contributed by atoms with E-state index < -0.39 is 0 Å². The summed E-state index contributed by atoms with van der Waals surface area (Å²) in [6.07, 6.45) is 11.6. The molecule has 4 fully saturated rings. The molecule has 4 aliphatic rings. The molecule has 0 atom stereocenters. The van der Waals surface area contributed by atoms with E-state index in [-0.39, 0.29) is 5.91 Å². The van der Waals surface area contributed by atoms with E-state index in [9.17, 15) is 4.79 Å². The first-order valence-electron chi connectivity index (χ1n) is 8.92. The maximum Gasteiger partial charge on any atom is 0.244 e. The van der Waals surface area contributed by atoms with Gasteiger partial charge in [-0.25, -0.2) is 0 Å². The zero-order valence-corrected chi connectivity index (χ0v) is 15.2. The van der Waals surface area contributed by atoms with Crippen LogP contribution in [0.4, 0.5) is 0 Å². The highest BCUT2D eigenvalue weighted by molar-refractivity contribution is 6.42. The summed E-state index contributed by atoms with van der Waals surface area (Å²) in [5.74, 6) is 2.73. The third-order valence-corrected chi connectivity index (χ3v) is 6.91. The fourth-order valence-electron chi connectivity index (χ4n) is 5.63. The van der Waals surface area contributed by atoms with Crippen LogP contribution < -0.4 is 5.32 Å². The predicted molar refractivity (Wildman–Crippen MR) is 99.1 cm³/mol. The summed E-state index contributed by atoms with van der Waals surface area (Å²) >= 11 is 11.9. The molecule has 2 nitrogen and oxygen atoms in total. The van der Waals surface area contributed by atoms with Gasteiger partial charge in [0.05, 0.1) is 10.0 Å². The number of halogens is 2. The minimum Gasteiger partial charge on any atom is -0.352 e. The molecule has 0 unspecified atom stereocenters. The number of nitrogens with one attached hydrogen (secondary N) is 1. The van der Waals surface area contributed by atoms with Crippen LogP contribution in [0.5, 0.6) is 0 Å². The van der Waals surface area contributed by atoms with Crippen LogP contribution in [0.3, 0.4) is 0 Å². The molecule has 5 rings (SSSR count). The smallest absolute Gasteiger partial charge is 0.244 e. The van der Waals surface area contributed by atoms with E-state index in [4.69, 9.17) is 23.2 Å². The molecule has 0 spiro atoms. The Morgan fingerprint density at radius 3 is 2.29 bits per heavy atom. The monoisotopic (exact) mass is 363 g/mol. The fraction of sp³-hybridized carbons (Fsp3) is 0.550. The molecule has 1 N–H and O–H groups in total. The highest BCUT2D eigenvalue weighted by Crippen LogP contribution is 2.59. The topological polar surface area (TPSA) is 29.1 Å². The quantitative estimate of drug-likeness (QED) is 0.718. The lowest BCUT2D eigenvalue weighted by Gasteiger charge is -2.56. The fourth-order valence-corrected chi connectivity index (χ4v) is 5.93. The van der Waals surface area contributed by atoms with Crippen LogP contribution in [-0.4, -0.2) is 12.5 Å². The summed E-state index contributed by atoms with van der Waals surface area (Å²) < 4.78 is 0. The molecule has 4 aliphatic carbocycles. The van der Waals surface area contributed by atoms with Gasteiger partial charge < -0.3 is 5.32 Å². The summed E-state index contributed by atoms with van der Waals surface area (Å²) in [7, 11) is 0. The molecule has 4 bridgehead atoms. The summed E-state index contributed by atoms with van der Waals surface area (Å²) in [4.78, 5) is 12.2. The number of amides is 1. The summed E-state index contributed by atoms with van der Waals surface area (Å²) in [6.45, 7) is 0.834. The largest absolute Gasteiger partial charge is 0.352 e. The second-order valence-corrected chi connectivity index (χ2v) is 8.96. The maximum absolute atomic E-state index is 12.2. The van der Waals surface area contributed by atoms with Gasteiger partial charge in [-0.05, 0) is 85.5 Å². The molecule has 1 aromatic rings. The van der Waals surface area contributed by atoms with Crippen LogP contribution in [0, 0.1) is 23.2 Å². The molecule has 1 amide bonds. The van der Waals surface area contributed by atoms with Crippen molar-refractivity contribution in [2.45, 2.75) is 38.5 Å². The first-order valence-corrected chi connectivity index (χ1v) is 9.68. The van der Waals surface area contributed by atoms with Crippen LogP contribution in [0.1, 0.15) is 44.1 Å². The Balaban J connectivity index is 1.35. The van der Waals surface area contributed by atoms with Crippen molar-refractivity contribution in [2.75, 3.05) is 6.54 Å². The lowest BCUT2D eigenvalue weighted by Crippen LogP contribution is -2.51. The van der Waals surface area contributed by atoms with Crippen molar-refractivity contribution in [3.8, 4) is 0 Å². The normalized spacial score (nSPS) is 34.0. The summed E-state index contributed by atoms with van der Waals surface area (Å²) in [6, 6.07) is 5.38. The van der Waals surface area contributed by atoms with Gasteiger partial charge in [-0.1, -0.05) is 29.3 Å². The first kappa shape index (κ1) is 16.5. The summed E-state index contributed by atoms with van der Waals surface area (Å²) in [5.41, 5.74) is 1.26. The Bertz CT molecular complexity index is 647. The standard InChI is InChI=1S/C20H23Cl2NO/c21-17-3-1-13(8-18(17)22)2-4-19(24)23-12-20-9-14-5-15(10-20)7-16(6-14)11-20/h1-4,8,14-16H,5-7,9-12H2,(H,23,24)/b4-2+. The molecular weight excluding hydrogens is 341 g/mol. The third-order valence-electron chi connectivity index (χ3n) is 6.17. The number of carbonyl (C=O) groups is 1. The zero-order valence-electron chi connectivity index (χ0n) is 13.7. The first-order chi connectivity index (χ1) is 11.5. The maximum atomic E-state index is 12.2. The van der Waals surface area contributed by atoms with Gasteiger partial charge in [0.25, 0.3) is 0 Å². The Morgan fingerprint density at radius 2 is 1.71 bits per heavy atom. The van der Waals surface area contributed by atoms with Crippen LogP contribution in [0.15, 0.2) is 24.3 Å². The number of carbonyl (C=O) groups excluding carboxylic acids is 1. The molecule has 4 saturated carbocycles. The summed E-state index contributed by atoms with van der Waals surface area (Å²) in [5, 5.41) is 4.19. The zero-order chi connectivity index (χ0) is 16.7. The van der Waals surface area contributed by atoms with Crippen LogP contribution >= 0.6 is 23.2 Å². The van der Waals surface area contributed by atoms with Gasteiger partial charge in [0.2, 0.25) is 5.91 Å². The van der Waals surface area contributed by atoms with Crippen molar-refractivity contribution in [3.63, 3.8) is 0 Å². The van der Waals surface area contributed by atoms with Gasteiger partial charge in [-0.15, -0.1) is 0 Å². The molecule has 0 aliphatic heterocycles. The van der Waals surface area contributed by atoms with E-state index in [0.29, 0.717) is 15.5 Å².